The van der Waals surface area contributed by atoms with E-state index in [0.29, 0.717) is 21.8 Å². The zero-order valence-electron chi connectivity index (χ0n) is 7.42. The number of methoxy groups -OCH3 is 1. The predicted octanol–water partition coefficient (Wildman–Crippen LogP) is 3.04. The number of aromatic nitrogens is 1. The van der Waals surface area contributed by atoms with Gasteiger partial charge in [-0.2, -0.15) is 0 Å². The second-order valence-electron chi connectivity index (χ2n) is 2.81. The SMILES string of the molecule is COc1cc(Cl)nc2ccc(F)cc12. The first-order chi connectivity index (χ1) is 6.70. The Labute approximate surface area is 85.3 Å². The summed E-state index contributed by atoms with van der Waals surface area (Å²) >= 11 is 5.76. The Hall–Kier alpha value is -1.35. The highest BCUT2D eigenvalue weighted by molar-refractivity contribution is 6.30. The van der Waals surface area contributed by atoms with Gasteiger partial charge in [0.1, 0.15) is 16.7 Å². The first-order valence-corrected chi connectivity index (χ1v) is 4.38. The Kier molecular flexibility index (Phi) is 2.25. The molecule has 1 aromatic heterocycles. The van der Waals surface area contributed by atoms with Crippen molar-refractivity contribution in [3.8, 4) is 5.75 Å². The van der Waals surface area contributed by atoms with E-state index in [9.17, 15) is 4.39 Å². The van der Waals surface area contributed by atoms with Crippen LogP contribution in [0.15, 0.2) is 24.3 Å². The maximum Gasteiger partial charge on any atom is 0.133 e. The standard InChI is InChI=1S/C10H7ClFNO/c1-14-9-5-10(11)13-8-3-2-6(12)4-7(8)9/h2-5H,1H3. The second-order valence-corrected chi connectivity index (χ2v) is 3.20. The Morgan fingerprint density at radius 3 is 2.86 bits per heavy atom. The van der Waals surface area contributed by atoms with E-state index in [1.807, 2.05) is 0 Å². The van der Waals surface area contributed by atoms with Gasteiger partial charge in [-0.3, -0.25) is 0 Å². The minimum Gasteiger partial charge on any atom is -0.496 e. The molecule has 0 atom stereocenters. The summed E-state index contributed by atoms with van der Waals surface area (Å²) in [5.41, 5.74) is 0.621. The monoisotopic (exact) mass is 211 g/mol. The van der Waals surface area contributed by atoms with Crippen molar-refractivity contribution in [1.29, 1.82) is 0 Å². The van der Waals surface area contributed by atoms with Crippen LogP contribution in [-0.4, -0.2) is 12.1 Å². The van der Waals surface area contributed by atoms with Gasteiger partial charge < -0.3 is 4.74 Å². The molecular weight excluding hydrogens is 205 g/mol. The largest absolute Gasteiger partial charge is 0.496 e. The summed E-state index contributed by atoms with van der Waals surface area (Å²) in [4.78, 5) is 4.04. The molecule has 0 spiro atoms. The fraction of sp³-hybridized carbons (Fsp3) is 0.100. The van der Waals surface area contributed by atoms with Gasteiger partial charge in [0.2, 0.25) is 0 Å². The first-order valence-electron chi connectivity index (χ1n) is 4.00. The van der Waals surface area contributed by atoms with E-state index in [0.717, 1.165) is 0 Å². The van der Waals surface area contributed by atoms with Crippen molar-refractivity contribution in [3.63, 3.8) is 0 Å². The lowest BCUT2D eigenvalue weighted by atomic mass is 10.2. The van der Waals surface area contributed by atoms with Gasteiger partial charge in [-0.1, -0.05) is 11.6 Å². The van der Waals surface area contributed by atoms with Crippen LogP contribution < -0.4 is 4.74 Å². The number of hydrogen-bond acceptors (Lipinski definition) is 2. The van der Waals surface area contributed by atoms with E-state index in [-0.39, 0.29) is 5.82 Å². The highest BCUT2D eigenvalue weighted by Gasteiger charge is 2.05. The molecule has 0 aliphatic carbocycles. The normalized spacial score (nSPS) is 10.5. The minimum atomic E-state index is -0.320. The van der Waals surface area contributed by atoms with Crippen LogP contribution in [0.2, 0.25) is 5.15 Å². The smallest absolute Gasteiger partial charge is 0.133 e. The molecule has 0 fully saturated rings. The molecule has 1 heterocycles. The minimum absolute atomic E-state index is 0.320. The van der Waals surface area contributed by atoms with Gasteiger partial charge in [0.05, 0.1) is 12.6 Å². The molecule has 2 nitrogen and oxygen atoms in total. The number of nitrogens with zero attached hydrogens (tertiary/aromatic N) is 1. The molecule has 0 aliphatic heterocycles. The van der Waals surface area contributed by atoms with Crippen LogP contribution in [0.3, 0.4) is 0 Å². The Bertz CT molecular complexity index is 487. The lowest BCUT2D eigenvalue weighted by Crippen LogP contribution is -1.88. The predicted molar refractivity (Wildman–Crippen MR) is 53.3 cm³/mol. The van der Waals surface area contributed by atoms with Gasteiger partial charge in [0.25, 0.3) is 0 Å². The number of halogens is 2. The summed E-state index contributed by atoms with van der Waals surface area (Å²) in [7, 11) is 1.51. The van der Waals surface area contributed by atoms with Crippen molar-refractivity contribution in [2.45, 2.75) is 0 Å². The van der Waals surface area contributed by atoms with Crippen molar-refractivity contribution in [2.24, 2.45) is 0 Å². The molecule has 2 rings (SSSR count). The zero-order chi connectivity index (χ0) is 10.1. The number of ether oxygens (including phenoxy) is 1. The summed E-state index contributed by atoms with van der Waals surface area (Å²) in [6, 6.07) is 5.84. The van der Waals surface area contributed by atoms with E-state index in [2.05, 4.69) is 4.98 Å². The Morgan fingerprint density at radius 2 is 2.14 bits per heavy atom. The third-order valence-electron chi connectivity index (χ3n) is 1.92. The number of pyridine rings is 1. The summed E-state index contributed by atoms with van der Waals surface area (Å²) in [6.07, 6.45) is 0. The quantitative estimate of drug-likeness (QED) is 0.677. The fourth-order valence-electron chi connectivity index (χ4n) is 1.31. The number of hydrogen-bond donors (Lipinski definition) is 0. The molecule has 0 saturated heterocycles. The number of rotatable bonds is 1. The van der Waals surface area contributed by atoms with Gasteiger partial charge in [0.15, 0.2) is 0 Å². The topological polar surface area (TPSA) is 22.1 Å². The van der Waals surface area contributed by atoms with E-state index >= 15 is 0 Å². The van der Waals surface area contributed by atoms with Crippen LogP contribution in [-0.2, 0) is 0 Å². The Morgan fingerprint density at radius 1 is 1.36 bits per heavy atom. The van der Waals surface area contributed by atoms with E-state index < -0.39 is 0 Å². The molecule has 0 bridgehead atoms. The van der Waals surface area contributed by atoms with Crippen LogP contribution >= 0.6 is 11.6 Å². The van der Waals surface area contributed by atoms with Crippen LogP contribution in [0.4, 0.5) is 4.39 Å². The molecule has 0 N–H and O–H groups in total. The molecule has 0 amide bonds. The summed E-state index contributed by atoms with van der Waals surface area (Å²) in [5, 5.41) is 0.956. The fourth-order valence-corrected chi connectivity index (χ4v) is 1.50. The highest BCUT2D eigenvalue weighted by Crippen LogP contribution is 2.27. The van der Waals surface area contributed by atoms with Gasteiger partial charge in [0, 0.05) is 11.5 Å². The van der Waals surface area contributed by atoms with E-state index in [1.165, 1.54) is 19.2 Å². The molecular formula is C10H7ClFNO. The lowest BCUT2D eigenvalue weighted by molar-refractivity contribution is 0.419. The maximum atomic E-state index is 12.9. The summed E-state index contributed by atoms with van der Waals surface area (Å²) in [5.74, 6) is 0.208. The summed E-state index contributed by atoms with van der Waals surface area (Å²) in [6.45, 7) is 0. The average Bonchev–Trinajstić information content (AvgIpc) is 2.17. The molecule has 0 radical (unpaired) electrons. The van der Waals surface area contributed by atoms with Crippen molar-refractivity contribution in [2.75, 3.05) is 7.11 Å². The van der Waals surface area contributed by atoms with Gasteiger partial charge in [-0.05, 0) is 18.2 Å². The molecule has 14 heavy (non-hydrogen) atoms. The van der Waals surface area contributed by atoms with Crippen LogP contribution in [0.5, 0.6) is 5.75 Å². The molecule has 0 unspecified atom stereocenters. The average molecular weight is 212 g/mol. The van der Waals surface area contributed by atoms with Crippen molar-refractivity contribution in [1.82, 2.24) is 4.98 Å². The molecule has 1 aromatic carbocycles. The van der Waals surface area contributed by atoms with Crippen molar-refractivity contribution >= 4 is 22.5 Å². The zero-order valence-corrected chi connectivity index (χ0v) is 8.18. The third kappa shape index (κ3) is 1.51. The van der Waals surface area contributed by atoms with Crippen LogP contribution in [0.25, 0.3) is 10.9 Å². The maximum absolute atomic E-state index is 12.9. The van der Waals surface area contributed by atoms with E-state index in [1.54, 1.807) is 12.1 Å². The van der Waals surface area contributed by atoms with E-state index in [4.69, 9.17) is 16.3 Å². The van der Waals surface area contributed by atoms with Crippen LogP contribution in [0, 0.1) is 5.82 Å². The summed E-state index contributed by atoms with van der Waals surface area (Å²) < 4.78 is 18.0. The third-order valence-corrected chi connectivity index (χ3v) is 2.12. The molecule has 72 valence electrons. The molecule has 0 aliphatic rings. The van der Waals surface area contributed by atoms with Gasteiger partial charge in [-0.15, -0.1) is 0 Å². The Balaban J connectivity index is 2.81. The van der Waals surface area contributed by atoms with Gasteiger partial charge in [-0.25, -0.2) is 9.37 Å². The highest BCUT2D eigenvalue weighted by atomic mass is 35.5. The number of fused-ring (bicyclic) bond motifs is 1. The second kappa shape index (κ2) is 3.42. The van der Waals surface area contributed by atoms with Crippen molar-refractivity contribution in [3.05, 3.63) is 35.2 Å². The number of benzene rings is 1. The lowest BCUT2D eigenvalue weighted by Gasteiger charge is -2.05. The molecule has 2 aromatic rings. The molecule has 4 heteroatoms. The van der Waals surface area contributed by atoms with Crippen molar-refractivity contribution < 1.29 is 9.13 Å². The first kappa shape index (κ1) is 9.21. The van der Waals surface area contributed by atoms with Crippen LogP contribution in [0.1, 0.15) is 0 Å². The van der Waals surface area contributed by atoms with Gasteiger partial charge >= 0.3 is 0 Å². The molecule has 0 saturated carbocycles.